The summed E-state index contributed by atoms with van der Waals surface area (Å²) in [6.07, 6.45) is 3.27. The van der Waals surface area contributed by atoms with Gasteiger partial charge in [0.1, 0.15) is 12.2 Å². The van der Waals surface area contributed by atoms with Crippen LogP contribution in [0.25, 0.3) is 22.2 Å². The predicted octanol–water partition coefficient (Wildman–Crippen LogP) is 5.88. The molecular formula is C25H27ClFN3O4. The zero-order valence-corrected chi connectivity index (χ0v) is 20.4. The molecule has 1 saturated carbocycles. The zero-order chi connectivity index (χ0) is 24.5. The molecule has 0 atom stereocenters. The lowest BCUT2D eigenvalue weighted by atomic mass is 10.1. The van der Waals surface area contributed by atoms with E-state index in [2.05, 4.69) is 9.97 Å². The Kier molecular flexibility index (Phi) is 6.79. The third-order valence-electron chi connectivity index (χ3n) is 5.26. The van der Waals surface area contributed by atoms with E-state index in [4.69, 9.17) is 25.8 Å². The Morgan fingerprint density at radius 1 is 1.24 bits per heavy atom. The van der Waals surface area contributed by atoms with Gasteiger partial charge in [-0.1, -0.05) is 11.6 Å². The van der Waals surface area contributed by atoms with Crippen LogP contribution in [0.15, 0.2) is 36.5 Å². The van der Waals surface area contributed by atoms with Crippen LogP contribution >= 0.6 is 11.6 Å². The van der Waals surface area contributed by atoms with Crippen molar-refractivity contribution < 1.29 is 23.4 Å². The number of ether oxygens (including phenoxy) is 3. The lowest BCUT2D eigenvalue weighted by Gasteiger charge is -2.27. The van der Waals surface area contributed by atoms with Crippen LogP contribution in [-0.4, -0.2) is 52.9 Å². The van der Waals surface area contributed by atoms with Crippen LogP contribution in [0.1, 0.15) is 33.6 Å². The summed E-state index contributed by atoms with van der Waals surface area (Å²) in [5.41, 5.74) is 1.30. The maximum atomic E-state index is 14.0. The molecule has 180 valence electrons. The van der Waals surface area contributed by atoms with E-state index in [-0.39, 0.29) is 17.9 Å². The van der Waals surface area contributed by atoms with Gasteiger partial charge in [-0.15, -0.1) is 0 Å². The topological polar surface area (TPSA) is 73.8 Å². The molecule has 34 heavy (non-hydrogen) atoms. The molecule has 1 aliphatic carbocycles. The predicted molar refractivity (Wildman–Crippen MR) is 128 cm³/mol. The lowest BCUT2D eigenvalue weighted by molar-refractivity contribution is 0.0208. The molecule has 4 rings (SSSR count). The fourth-order valence-electron chi connectivity index (χ4n) is 3.49. The van der Waals surface area contributed by atoms with Gasteiger partial charge in [-0.05, 0) is 51.8 Å². The second-order valence-electron chi connectivity index (χ2n) is 9.13. The molecule has 1 fully saturated rings. The molecule has 0 bridgehead atoms. The summed E-state index contributed by atoms with van der Waals surface area (Å²) in [5, 5.41) is 0.881. The van der Waals surface area contributed by atoms with Crippen LogP contribution in [0.5, 0.6) is 11.6 Å². The fraction of sp³-hybridized carbons (Fsp3) is 0.400. The smallest absolute Gasteiger partial charge is 0.410 e. The highest BCUT2D eigenvalue weighted by Gasteiger charge is 2.35. The highest BCUT2D eigenvalue weighted by molar-refractivity contribution is 6.35. The zero-order valence-electron chi connectivity index (χ0n) is 19.6. The number of rotatable bonds is 7. The molecule has 0 radical (unpaired) electrons. The lowest BCUT2D eigenvalue weighted by Crippen LogP contribution is -2.40. The number of methoxy groups -OCH3 is 1. The van der Waals surface area contributed by atoms with Gasteiger partial charge in [-0.3, -0.25) is 0 Å². The van der Waals surface area contributed by atoms with E-state index in [9.17, 15) is 9.18 Å². The van der Waals surface area contributed by atoms with Gasteiger partial charge in [0.25, 0.3) is 0 Å². The van der Waals surface area contributed by atoms with Crippen LogP contribution in [0.2, 0.25) is 5.02 Å². The van der Waals surface area contributed by atoms with E-state index in [1.807, 2.05) is 26.8 Å². The summed E-state index contributed by atoms with van der Waals surface area (Å²) in [6, 6.07) is 8.26. The molecule has 0 aliphatic heterocycles. The van der Waals surface area contributed by atoms with Crippen LogP contribution in [0.4, 0.5) is 9.18 Å². The van der Waals surface area contributed by atoms with Crippen LogP contribution in [0, 0.1) is 5.82 Å². The van der Waals surface area contributed by atoms with Gasteiger partial charge in [0.05, 0.1) is 29.9 Å². The van der Waals surface area contributed by atoms with Crippen LogP contribution < -0.4 is 9.47 Å². The molecular weight excluding hydrogens is 461 g/mol. The first kappa shape index (κ1) is 24.0. The monoisotopic (exact) mass is 487 g/mol. The van der Waals surface area contributed by atoms with E-state index in [0.29, 0.717) is 40.7 Å². The third kappa shape index (κ3) is 5.67. The van der Waals surface area contributed by atoms with Gasteiger partial charge in [0.15, 0.2) is 11.6 Å². The van der Waals surface area contributed by atoms with Crippen molar-refractivity contribution in [2.75, 3.05) is 20.3 Å². The highest BCUT2D eigenvalue weighted by Crippen LogP contribution is 2.32. The van der Waals surface area contributed by atoms with Gasteiger partial charge in [0.2, 0.25) is 5.88 Å². The highest BCUT2D eigenvalue weighted by atomic mass is 35.5. The molecule has 7 nitrogen and oxygen atoms in total. The minimum Gasteiger partial charge on any atom is -0.494 e. The molecule has 0 N–H and O–H groups in total. The van der Waals surface area contributed by atoms with Crippen molar-refractivity contribution in [1.82, 2.24) is 14.9 Å². The number of halogens is 2. The number of amides is 1. The van der Waals surface area contributed by atoms with Crippen LogP contribution in [0.3, 0.4) is 0 Å². The van der Waals surface area contributed by atoms with Crippen molar-refractivity contribution in [2.24, 2.45) is 0 Å². The van der Waals surface area contributed by atoms with Crippen molar-refractivity contribution >= 4 is 28.6 Å². The van der Waals surface area contributed by atoms with E-state index in [1.54, 1.807) is 23.2 Å². The summed E-state index contributed by atoms with van der Waals surface area (Å²) in [6.45, 7) is 6.27. The second kappa shape index (κ2) is 9.62. The third-order valence-corrected chi connectivity index (χ3v) is 5.57. The van der Waals surface area contributed by atoms with Crippen molar-refractivity contribution in [2.45, 2.75) is 45.3 Å². The summed E-state index contributed by atoms with van der Waals surface area (Å²) in [4.78, 5) is 23.1. The maximum absolute atomic E-state index is 14.0. The molecule has 1 aliphatic rings. The van der Waals surface area contributed by atoms with Crippen LogP contribution in [-0.2, 0) is 4.74 Å². The van der Waals surface area contributed by atoms with E-state index >= 15 is 0 Å². The first-order valence-electron chi connectivity index (χ1n) is 11.1. The van der Waals surface area contributed by atoms with Crippen molar-refractivity contribution in [3.05, 3.63) is 47.4 Å². The van der Waals surface area contributed by atoms with Crippen molar-refractivity contribution in [3.8, 4) is 22.9 Å². The molecule has 2 heterocycles. The minimum atomic E-state index is -0.540. The summed E-state index contributed by atoms with van der Waals surface area (Å²) < 4.78 is 30.3. The number of aromatic nitrogens is 2. The first-order chi connectivity index (χ1) is 16.1. The molecule has 0 unspecified atom stereocenters. The first-order valence-corrected chi connectivity index (χ1v) is 11.4. The number of nitrogens with zero attached hydrogens (tertiary/aromatic N) is 3. The average Bonchev–Trinajstić information content (AvgIpc) is 3.61. The minimum absolute atomic E-state index is 0.0988. The molecule has 0 spiro atoms. The number of carbonyl (C=O) groups is 1. The Bertz CT molecular complexity index is 1190. The Hall–Kier alpha value is -3.13. The largest absolute Gasteiger partial charge is 0.494 e. The number of carbonyl (C=O) groups excluding carboxylic acids is 1. The molecule has 2 aromatic heterocycles. The van der Waals surface area contributed by atoms with Gasteiger partial charge in [0, 0.05) is 35.3 Å². The number of hydrogen-bond donors (Lipinski definition) is 0. The molecule has 0 saturated heterocycles. The Morgan fingerprint density at radius 3 is 2.62 bits per heavy atom. The number of pyridine rings is 2. The fourth-order valence-corrected chi connectivity index (χ4v) is 3.74. The maximum Gasteiger partial charge on any atom is 0.410 e. The normalized spacial score (nSPS) is 13.6. The summed E-state index contributed by atoms with van der Waals surface area (Å²) in [5.74, 6) is 0.0302. The Labute approximate surface area is 202 Å². The van der Waals surface area contributed by atoms with Gasteiger partial charge < -0.3 is 19.1 Å². The molecule has 3 aromatic rings. The number of fused-ring (bicyclic) bond motifs is 1. The quantitative estimate of drug-likeness (QED) is 0.414. The summed E-state index contributed by atoms with van der Waals surface area (Å²) in [7, 11) is 1.40. The van der Waals surface area contributed by atoms with Crippen molar-refractivity contribution in [3.63, 3.8) is 0 Å². The standard InChI is InChI=1S/C25H27ClFN3O4/c1-25(2,3)34-24(31)30(16-6-7-16)9-10-33-23-8-5-15(14-28-23)20-12-18(26)17-11-19(27)22(32-4)13-21(17)29-20/h5,8,11-14,16H,6-7,9-10H2,1-4H3. The van der Waals surface area contributed by atoms with E-state index in [0.717, 1.165) is 18.4 Å². The van der Waals surface area contributed by atoms with Gasteiger partial charge >= 0.3 is 6.09 Å². The molecule has 1 aromatic carbocycles. The molecule has 9 heteroatoms. The SMILES string of the molecule is COc1cc2nc(-c3ccc(OCCN(C(=O)OC(C)(C)C)C4CC4)nc3)cc(Cl)c2cc1F. The molecule has 1 amide bonds. The number of benzene rings is 1. The Balaban J connectivity index is 1.42. The van der Waals surface area contributed by atoms with Gasteiger partial charge in [-0.2, -0.15) is 0 Å². The van der Waals surface area contributed by atoms with E-state index < -0.39 is 11.4 Å². The second-order valence-corrected chi connectivity index (χ2v) is 9.54. The Morgan fingerprint density at radius 2 is 2.00 bits per heavy atom. The van der Waals surface area contributed by atoms with Gasteiger partial charge in [-0.25, -0.2) is 19.2 Å². The van der Waals surface area contributed by atoms with E-state index in [1.165, 1.54) is 19.2 Å². The van der Waals surface area contributed by atoms with Crippen molar-refractivity contribution in [1.29, 1.82) is 0 Å². The summed E-state index contributed by atoms with van der Waals surface area (Å²) >= 11 is 6.37. The average molecular weight is 488 g/mol. The number of hydrogen-bond acceptors (Lipinski definition) is 6.